The highest BCUT2D eigenvalue weighted by Gasteiger charge is 2.34. The Hall–Kier alpha value is -0.770. The molecule has 2 aliphatic rings. The maximum Gasteiger partial charge on any atom is 0.407 e. The second kappa shape index (κ2) is 4.24. The van der Waals surface area contributed by atoms with Crippen molar-refractivity contribution in [3.05, 3.63) is 0 Å². The van der Waals surface area contributed by atoms with Crippen molar-refractivity contribution < 1.29 is 9.53 Å². The average Bonchev–Trinajstić information content (AvgIpc) is 2.42. The Bertz CT molecular complexity index is 261. The summed E-state index contributed by atoms with van der Waals surface area (Å²) < 4.78 is 5.26. The van der Waals surface area contributed by atoms with E-state index in [-0.39, 0.29) is 12.1 Å². The molecule has 0 aromatic heterocycles. The van der Waals surface area contributed by atoms with E-state index in [1.807, 2.05) is 20.8 Å². The van der Waals surface area contributed by atoms with E-state index < -0.39 is 5.60 Å². The highest BCUT2D eigenvalue weighted by molar-refractivity contribution is 5.68. The van der Waals surface area contributed by atoms with Crippen LogP contribution >= 0.6 is 0 Å². The minimum Gasteiger partial charge on any atom is -0.444 e. The first-order valence-electron chi connectivity index (χ1n) is 6.15. The molecule has 1 saturated carbocycles. The van der Waals surface area contributed by atoms with Crippen LogP contribution in [0.1, 0.15) is 40.0 Å². The van der Waals surface area contributed by atoms with E-state index in [0.717, 1.165) is 25.3 Å². The Morgan fingerprint density at radius 2 is 2.06 bits per heavy atom. The molecular formula is C12H22N2O2. The lowest BCUT2D eigenvalue weighted by Gasteiger charge is -2.29. The average molecular weight is 226 g/mol. The minimum atomic E-state index is -0.407. The van der Waals surface area contributed by atoms with E-state index in [4.69, 9.17) is 4.74 Å². The first-order chi connectivity index (χ1) is 7.42. The standard InChI is InChI=1S/C12H22N2O2/c1-12(2,3)16-11(15)14-10-5-8-4-9(6-10)13-7-8/h8-10,13H,4-7H2,1-3H3,(H,14,15). The highest BCUT2D eigenvalue weighted by atomic mass is 16.6. The molecule has 1 heterocycles. The number of fused-ring (bicyclic) bond motifs is 2. The van der Waals surface area contributed by atoms with Gasteiger partial charge in [-0.15, -0.1) is 0 Å². The number of amides is 1. The van der Waals surface area contributed by atoms with Crippen LogP contribution in [-0.4, -0.2) is 30.3 Å². The molecule has 16 heavy (non-hydrogen) atoms. The summed E-state index contributed by atoms with van der Waals surface area (Å²) in [5.41, 5.74) is -0.407. The van der Waals surface area contributed by atoms with Crippen molar-refractivity contribution >= 4 is 6.09 Å². The van der Waals surface area contributed by atoms with Gasteiger partial charge in [-0.2, -0.15) is 0 Å². The summed E-state index contributed by atoms with van der Waals surface area (Å²) >= 11 is 0. The number of hydrogen-bond acceptors (Lipinski definition) is 3. The molecule has 3 unspecified atom stereocenters. The molecule has 0 aromatic rings. The zero-order valence-electron chi connectivity index (χ0n) is 10.4. The SMILES string of the molecule is CC(C)(C)OC(=O)NC1CC2CNC(C2)C1. The quantitative estimate of drug-likeness (QED) is 0.715. The summed E-state index contributed by atoms with van der Waals surface area (Å²) in [6, 6.07) is 0.882. The summed E-state index contributed by atoms with van der Waals surface area (Å²) in [7, 11) is 0. The molecule has 4 heteroatoms. The van der Waals surface area contributed by atoms with Crippen LogP contribution in [0, 0.1) is 5.92 Å². The van der Waals surface area contributed by atoms with Crippen LogP contribution in [0.2, 0.25) is 0 Å². The topological polar surface area (TPSA) is 50.4 Å². The van der Waals surface area contributed by atoms with E-state index in [9.17, 15) is 4.79 Å². The van der Waals surface area contributed by atoms with Crippen LogP contribution in [0.5, 0.6) is 0 Å². The molecule has 4 nitrogen and oxygen atoms in total. The van der Waals surface area contributed by atoms with Gasteiger partial charge in [0.15, 0.2) is 0 Å². The smallest absolute Gasteiger partial charge is 0.407 e. The lowest BCUT2D eigenvalue weighted by Crippen LogP contribution is -2.43. The summed E-state index contributed by atoms with van der Waals surface area (Å²) in [4.78, 5) is 11.6. The van der Waals surface area contributed by atoms with E-state index in [1.54, 1.807) is 0 Å². The highest BCUT2D eigenvalue weighted by Crippen LogP contribution is 2.29. The number of nitrogens with one attached hydrogen (secondary N) is 2. The third-order valence-electron chi connectivity index (χ3n) is 3.22. The number of carbonyl (C=O) groups is 1. The summed E-state index contributed by atoms with van der Waals surface area (Å²) in [6.07, 6.45) is 3.11. The van der Waals surface area contributed by atoms with Crippen molar-refractivity contribution in [1.29, 1.82) is 0 Å². The molecule has 1 amide bonds. The van der Waals surface area contributed by atoms with Crippen LogP contribution in [0.15, 0.2) is 0 Å². The fourth-order valence-corrected chi connectivity index (χ4v) is 2.70. The molecule has 2 rings (SSSR count). The van der Waals surface area contributed by atoms with E-state index in [0.29, 0.717) is 6.04 Å². The van der Waals surface area contributed by atoms with Crippen molar-refractivity contribution in [2.45, 2.75) is 57.7 Å². The molecular weight excluding hydrogens is 204 g/mol. The number of hydrogen-bond donors (Lipinski definition) is 2. The van der Waals surface area contributed by atoms with Crippen molar-refractivity contribution in [2.24, 2.45) is 5.92 Å². The Morgan fingerprint density at radius 1 is 1.31 bits per heavy atom. The molecule has 1 saturated heterocycles. The summed E-state index contributed by atoms with van der Waals surface area (Å²) in [6.45, 7) is 6.77. The number of carbonyl (C=O) groups excluding carboxylic acids is 1. The zero-order valence-corrected chi connectivity index (χ0v) is 10.4. The van der Waals surface area contributed by atoms with Gasteiger partial charge in [0, 0.05) is 12.1 Å². The van der Waals surface area contributed by atoms with E-state index >= 15 is 0 Å². The Labute approximate surface area is 97.1 Å². The molecule has 2 fully saturated rings. The van der Waals surface area contributed by atoms with Gasteiger partial charge in [-0.25, -0.2) is 4.79 Å². The molecule has 0 aromatic carbocycles. The van der Waals surface area contributed by atoms with Gasteiger partial charge in [0.2, 0.25) is 0 Å². The fraction of sp³-hybridized carbons (Fsp3) is 0.917. The van der Waals surface area contributed by atoms with Crippen LogP contribution in [0.25, 0.3) is 0 Å². The van der Waals surface area contributed by atoms with Gasteiger partial charge < -0.3 is 15.4 Å². The number of rotatable bonds is 1. The van der Waals surface area contributed by atoms with Gasteiger partial charge in [0.1, 0.15) is 5.60 Å². The first kappa shape index (κ1) is 11.7. The van der Waals surface area contributed by atoms with Crippen LogP contribution < -0.4 is 10.6 Å². The van der Waals surface area contributed by atoms with Crippen molar-refractivity contribution in [3.8, 4) is 0 Å². The van der Waals surface area contributed by atoms with Crippen molar-refractivity contribution in [2.75, 3.05) is 6.54 Å². The van der Waals surface area contributed by atoms with E-state index in [1.165, 1.54) is 6.42 Å². The number of alkyl carbamates (subject to hydrolysis) is 1. The van der Waals surface area contributed by atoms with Crippen LogP contribution in [0.3, 0.4) is 0 Å². The normalized spacial score (nSPS) is 33.6. The third-order valence-corrected chi connectivity index (χ3v) is 3.22. The largest absolute Gasteiger partial charge is 0.444 e. The third kappa shape index (κ3) is 3.11. The maximum atomic E-state index is 11.6. The van der Waals surface area contributed by atoms with Crippen molar-refractivity contribution in [1.82, 2.24) is 10.6 Å². The predicted molar refractivity (Wildman–Crippen MR) is 62.3 cm³/mol. The summed E-state index contributed by atoms with van der Waals surface area (Å²) in [5, 5.41) is 6.45. The lowest BCUT2D eigenvalue weighted by molar-refractivity contribution is 0.0488. The monoisotopic (exact) mass is 226 g/mol. The molecule has 92 valence electrons. The fourth-order valence-electron chi connectivity index (χ4n) is 2.70. The molecule has 0 spiro atoms. The van der Waals surface area contributed by atoms with Gasteiger partial charge in [-0.3, -0.25) is 0 Å². The maximum absolute atomic E-state index is 11.6. The Balaban J connectivity index is 1.79. The zero-order chi connectivity index (χ0) is 11.8. The van der Waals surface area contributed by atoms with Gasteiger partial charge in [-0.05, 0) is 52.5 Å². The van der Waals surface area contributed by atoms with Gasteiger partial charge in [-0.1, -0.05) is 0 Å². The molecule has 2 bridgehead atoms. The lowest BCUT2D eigenvalue weighted by atomic mass is 9.87. The predicted octanol–water partition coefficient (Wildman–Crippen LogP) is 1.65. The van der Waals surface area contributed by atoms with E-state index in [2.05, 4.69) is 10.6 Å². The molecule has 1 aliphatic carbocycles. The minimum absolute atomic E-state index is 0.279. The second-order valence-corrected chi connectivity index (χ2v) is 6.02. The van der Waals surface area contributed by atoms with Crippen LogP contribution in [-0.2, 0) is 4.74 Å². The second-order valence-electron chi connectivity index (χ2n) is 6.02. The Morgan fingerprint density at radius 3 is 2.69 bits per heavy atom. The van der Waals surface area contributed by atoms with Gasteiger partial charge in [0.05, 0.1) is 0 Å². The molecule has 3 atom stereocenters. The first-order valence-corrected chi connectivity index (χ1v) is 6.15. The van der Waals surface area contributed by atoms with Gasteiger partial charge in [0.25, 0.3) is 0 Å². The van der Waals surface area contributed by atoms with Crippen molar-refractivity contribution in [3.63, 3.8) is 0 Å². The number of ether oxygens (including phenoxy) is 1. The molecule has 2 N–H and O–H groups in total. The molecule has 0 radical (unpaired) electrons. The van der Waals surface area contributed by atoms with Gasteiger partial charge >= 0.3 is 6.09 Å². The Kier molecular flexibility index (Phi) is 3.10. The molecule has 1 aliphatic heterocycles. The van der Waals surface area contributed by atoms with Crippen LogP contribution in [0.4, 0.5) is 4.79 Å². The summed E-state index contributed by atoms with van der Waals surface area (Å²) in [5.74, 6) is 0.735.